The number of rotatable bonds is 10. The maximum Gasteiger partial charge on any atom is 0.163 e. The maximum atomic E-state index is 13.8. The van der Waals surface area contributed by atoms with Gasteiger partial charge in [0.05, 0.1) is 0 Å². The molecule has 1 unspecified atom stereocenters. The highest BCUT2D eigenvalue weighted by atomic mass is 19.2. The summed E-state index contributed by atoms with van der Waals surface area (Å²) < 4.78 is 27.1. The Morgan fingerprint density at radius 1 is 1.00 bits per heavy atom. The van der Waals surface area contributed by atoms with E-state index in [0.717, 1.165) is 19.4 Å². The Morgan fingerprint density at radius 2 is 1.70 bits per heavy atom. The fourth-order valence-electron chi connectivity index (χ4n) is 2.53. The minimum atomic E-state index is -0.756. The summed E-state index contributed by atoms with van der Waals surface area (Å²) in [6, 6.07) is 4.36. The van der Waals surface area contributed by atoms with E-state index >= 15 is 0 Å². The molecule has 0 aliphatic carbocycles. The van der Waals surface area contributed by atoms with Crippen LogP contribution < -0.4 is 5.32 Å². The van der Waals surface area contributed by atoms with Gasteiger partial charge in [0.15, 0.2) is 11.6 Å². The number of halogens is 2. The Hall–Kier alpha value is -0.960. The Bertz CT molecular complexity index is 379. The second-order valence-corrected chi connectivity index (χ2v) is 5.31. The lowest BCUT2D eigenvalue weighted by molar-refractivity contribution is 0.437. The number of unbranched alkanes of at least 4 members (excludes halogenated alkanes) is 5. The van der Waals surface area contributed by atoms with E-state index in [4.69, 9.17) is 0 Å². The van der Waals surface area contributed by atoms with E-state index < -0.39 is 11.6 Å². The maximum absolute atomic E-state index is 13.8. The molecule has 3 heteroatoms. The fraction of sp³-hybridized carbons (Fsp3) is 0.647. The molecule has 0 heterocycles. The molecule has 0 saturated carbocycles. The van der Waals surface area contributed by atoms with E-state index in [9.17, 15) is 8.78 Å². The van der Waals surface area contributed by atoms with E-state index in [0.29, 0.717) is 5.56 Å². The molecular weight excluding hydrogens is 256 g/mol. The van der Waals surface area contributed by atoms with Crippen molar-refractivity contribution in [1.29, 1.82) is 0 Å². The summed E-state index contributed by atoms with van der Waals surface area (Å²) in [5.41, 5.74) is 0.459. The second-order valence-electron chi connectivity index (χ2n) is 5.31. The van der Waals surface area contributed by atoms with Crippen molar-refractivity contribution in [2.24, 2.45) is 0 Å². The second kappa shape index (κ2) is 9.87. The molecule has 20 heavy (non-hydrogen) atoms. The summed E-state index contributed by atoms with van der Waals surface area (Å²) >= 11 is 0. The van der Waals surface area contributed by atoms with Crippen LogP contribution in [-0.2, 0) is 0 Å². The highest BCUT2D eigenvalue weighted by molar-refractivity contribution is 5.22. The van der Waals surface area contributed by atoms with Gasteiger partial charge in [-0.25, -0.2) is 8.78 Å². The highest BCUT2D eigenvalue weighted by Gasteiger charge is 2.16. The van der Waals surface area contributed by atoms with Gasteiger partial charge in [0, 0.05) is 11.6 Å². The van der Waals surface area contributed by atoms with Crippen LogP contribution in [0.2, 0.25) is 0 Å². The first-order chi connectivity index (χ1) is 9.70. The van der Waals surface area contributed by atoms with Gasteiger partial charge >= 0.3 is 0 Å². The molecule has 0 aliphatic rings. The Kier molecular flexibility index (Phi) is 8.43. The molecule has 0 amide bonds. The van der Waals surface area contributed by atoms with Crippen molar-refractivity contribution < 1.29 is 8.78 Å². The molecule has 1 atom stereocenters. The van der Waals surface area contributed by atoms with Gasteiger partial charge in [-0.15, -0.1) is 0 Å². The molecule has 0 spiro atoms. The zero-order chi connectivity index (χ0) is 14.8. The van der Waals surface area contributed by atoms with Gasteiger partial charge < -0.3 is 5.32 Å². The first kappa shape index (κ1) is 17.1. The molecule has 0 aliphatic heterocycles. The average Bonchev–Trinajstić information content (AvgIpc) is 2.45. The van der Waals surface area contributed by atoms with E-state index in [1.807, 2.05) is 6.92 Å². The van der Waals surface area contributed by atoms with Crippen LogP contribution in [0.3, 0.4) is 0 Å². The van der Waals surface area contributed by atoms with Crippen molar-refractivity contribution in [3.05, 3.63) is 35.4 Å². The zero-order valence-corrected chi connectivity index (χ0v) is 12.7. The minimum Gasteiger partial charge on any atom is -0.310 e. The van der Waals surface area contributed by atoms with Gasteiger partial charge in [0.1, 0.15) is 0 Å². The molecule has 0 saturated heterocycles. The van der Waals surface area contributed by atoms with Crippen LogP contribution in [0.15, 0.2) is 18.2 Å². The summed E-state index contributed by atoms with van der Waals surface area (Å²) in [5.74, 6) is -1.46. The molecule has 1 aromatic carbocycles. The van der Waals surface area contributed by atoms with Crippen LogP contribution in [0.5, 0.6) is 0 Å². The van der Waals surface area contributed by atoms with Gasteiger partial charge in [-0.05, 0) is 19.0 Å². The normalized spacial score (nSPS) is 12.6. The van der Waals surface area contributed by atoms with Gasteiger partial charge in [-0.2, -0.15) is 0 Å². The van der Waals surface area contributed by atoms with Crippen molar-refractivity contribution in [2.75, 3.05) is 6.54 Å². The molecule has 0 fully saturated rings. The smallest absolute Gasteiger partial charge is 0.163 e. The zero-order valence-electron chi connectivity index (χ0n) is 12.7. The van der Waals surface area contributed by atoms with E-state index in [1.165, 1.54) is 38.2 Å². The number of hydrogen-bond donors (Lipinski definition) is 1. The van der Waals surface area contributed by atoms with Crippen molar-refractivity contribution in [1.82, 2.24) is 5.32 Å². The minimum absolute atomic E-state index is 0.0816. The SMILES string of the molecule is CCCCCCCCC(NCC)c1cccc(F)c1F. The van der Waals surface area contributed by atoms with Crippen LogP contribution in [0.1, 0.15) is 70.4 Å². The van der Waals surface area contributed by atoms with Gasteiger partial charge in [0.2, 0.25) is 0 Å². The van der Waals surface area contributed by atoms with Crippen LogP contribution in [0.4, 0.5) is 8.78 Å². The third-order valence-electron chi connectivity index (χ3n) is 3.65. The van der Waals surface area contributed by atoms with E-state index in [-0.39, 0.29) is 6.04 Å². The van der Waals surface area contributed by atoms with Crippen molar-refractivity contribution in [2.45, 2.75) is 64.8 Å². The lowest BCUT2D eigenvalue weighted by Gasteiger charge is -2.19. The summed E-state index contributed by atoms with van der Waals surface area (Å²) in [5, 5.41) is 3.26. The topological polar surface area (TPSA) is 12.0 Å². The van der Waals surface area contributed by atoms with Crippen LogP contribution in [0, 0.1) is 11.6 Å². The summed E-state index contributed by atoms with van der Waals surface area (Å²) in [4.78, 5) is 0. The fourth-order valence-corrected chi connectivity index (χ4v) is 2.53. The average molecular weight is 283 g/mol. The summed E-state index contributed by atoms with van der Waals surface area (Å²) in [6.45, 7) is 4.95. The number of nitrogens with one attached hydrogen (secondary N) is 1. The predicted octanol–water partition coefficient (Wildman–Crippen LogP) is 5.37. The quantitative estimate of drug-likeness (QED) is 0.569. The molecule has 0 bridgehead atoms. The highest BCUT2D eigenvalue weighted by Crippen LogP contribution is 2.24. The van der Waals surface area contributed by atoms with Gasteiger partial charge in [-0.3, -0.25) is 0 Å². The monoisotopic (exact) mass is 283 g/mol. The molecule has 1 nitrogen and oxygen atoms in total. The lowest BCUT2D eigenvalue weighted by atomic mass is 9.99. The summed E-state index contributed by atoms with van der Waals surface area (Å²) in [7, 11) is 0. The third-order valence-corrected chi connectivity index (χ3v) is 3.65. The predicted molar refractivity (Wildman–Crippen MR) is 80.8 cm³/mol. The van der Waals surface area contributed by atoms with Gasteiger partial charge in [-0.1, -0.05) is 64.5 Å². The molecule has 1 rings (SSSR count). The standard InChI is InChI=1S/C17H27F2N/c1-3-5-6-7-8-9-13-16(20-4-2)14-11-10-12-15(18)17(14)19/h10-12,16,20H,3-9,13H2,1-2H3. The largest absolute Gasteiger partial charge is 0.310 e. The Labute approximate surface area is 121 Å². The number of hydrogen-bond acceptors (Lipinski definition) is 1. The molecule has 1 aromatic rings. The van der Waals surface area contributed by atoms with Crippen LogP contribution >= 0.6 is 0 Å². The van der Waals surface area contributed by atoms with Crippen molar-refractivity contribution in [3.63, 3.8) is 0 Å². The Morgan fingerprint density at radius 3 is 2.40 bits per heavy atom. The van der Waals surface area contributed by atoms with E-state index in [1.54, 1.807) is 12.1 Å². The molecule has 1 N–H and O–H groups in total. The first-order valence-corrected chi connectivity index (χ1v) is 7.88. The third kappa shape index (κ3) is 5.58. The van der Waals surface area contributed by atoms with Crippen LogP contribution in [-0.4, -0.2) is 6.54 Å². The first-order valence-electron chi connectivity index (χ1n) is 7.88. The van der Waals surface area contributed by atoms with Crippen LogP contribution in [0.25, 0.3) is 0 Å². The molecular formula is C17H27F2N. The molecule has 0 radical (unpaired) electrons. The van der Waals surface area contributed by atoms with Gasteiger partial charge in [0.25, 0.3) is 0 Å². The van der Waals surface area contributed by atoms with Crippen molar-refractivity contribution >= 4 is 0 Å². The summed E-state index contributed by atoms with van der Waals surface area (Å²) in [6.07, 6.45) is 8.12. The van der Waals surface area contributed by atoms with Crippen molar-refractivity contribution in [3.8, 4) is 0 Å². The lowest BCUT2D eigenvalue weighted by Crippen LogP contribution is -2.22. The number of benzene rings is 1. The van der Waals surface area contributed by atoms with E-state index in [2.05, 4.69) is 12.2 Å². The Balaban J connectivity index is 2.49. The molecule has 0 aromatic heterocycles. The molecule has 114 valence electrons.